The minimum atomic E-state index is -0.0346. The molecule has 0 fully saturated rings. The van der Waals surface area contributed by atoms with Crippen LogP contribution in [0.3, 0.4) is 0 Å². The lowest BCUT2D eigenvalue weighted by atomic mass is 9.89. The molecule has 4 rings (SSSR count). The molecule has 1 atom stereocenters. The van der Waals surface area contributed by atoms with E-state index in [-0.39, 0.29) is 24.4 Å². The SMILES string of the molecule is Cc1cccn2cc(-c3ccc(C[C@@H](CCO)CC(=O)c4ccc(OC(C)C)c(Cl)c4)cc3Cl)nc12. The zero-order chi connectivity index (χ0) is 25.8. The number of fused-ring (bicyclic) bond motifs is 1. The van der Waals surface area contributed by atoms with E-state index in [1.807, 2.05) is 67.9 Å². The highest BCUT2D eigenvalue weighted by atomic mass is 35.5. The molecule has 0 radical (unpaired) electrons. The first-order valence-corrected chi connectivity index (χ1v) is 12.8. The molecule has 0 spiro atoms. The van der Waals surface area contributed by atoms with Gasteiger partial charge in [0.2, 0.25) is 0 Å². The molecule has 2 aromatic heterocycles. The Balaban J connectivity index is 1.49. The Hall–Kier alpha value is -2.86. The number of aryl methyl sites for hydroxylation is 1. The highest BCUT2D eigenvalue weighted by molar-refractivity contribution is 6.33. The van der Waals surface area contributed by atoms with E-state index in [9.17, 15) is 9.90 Å². The quantitative estimate of drug-likeness (QED) is 0.222. The van der Waals surface area contributed by atoms with Crippen LogP contribution in [0.25, 0.3) is 16.9 Å². The number of ketones is 1. The Bertz CT molecular complexity index is 1380. The Kier molecular flexibility index (Phi) is 8.35. The molecule has 0 aliphatic rings. The van der Waals surface area contributed by atoms with Crippen LogP contribution >= 0.6 is 23.2 Å². The van der Waals surface area contributed by atoms with Gasteiger partial charge in [0.25, 0.3) is 0 Å². The molecule has 4 aromatic rings. The van der Waals surface area contributed by atoms with Gasteiger partial charge < -0.3 is 14.2 Å². The highest BCUT2D eigenvalue weighted by Gasteiger charge is 2.18. The summed E-state index contributed by atoms with van der Waals surface area (Å²) >= 11 is 13.0. The summed E-state index contributed by atoms with van der Waals surface area (Å²) < 4.78 is 7.65. The van der Waals surface area contributed by atoms with Crippen LogP contribution in [-0.2, 0) is 6.42 Å². The van der Waals surface area contributed by atoms with E-state index in [1.165, 1.54) is 0 Å². The molecule has 0 unspecified atom stereocenters. The Morgan fingerprint density at radius 2 is 1.92 bits per heavy atom. The van der Waals surface area contributed by atoms with Crippen LogP contribution < -0.4 is 4.74 Å². The summed E-state index contributed by atoms with van der Waals surface area (Å²) in [6.07, 6.45) is 5.37. The van der Waals surface area contributed by atoms with Crippen LogP contribution in [0, 0.1) is 12.8 Å². The summed E-state index contributed by atoms with van der Waals surface area (Å²) in [5, 5.41) is 10.6. The van der Waals surface area contributed by atoms with Gasteiger partial charge in [-0.2, -0.15) is 0 Å². The molecule has 0 saturated carbocycles. The highest BCUT2D eigenvalue weighted by Crippen LogP contribution is 2.31. The molecule has 2 aromatic carbocycles. The van der Waals surface area contributed by atoms with Crippen LogP contribution in [0.4, 0.5) is 0 Å². The fourth-order valence-corrected chi connectivity index (χ4v) is 4.90. The summed E-state index contributed by atoms with van der Waals surface area (Å²) in [4.78, 5) is 17.8. The van der Waals surface area contributed by atoms with Gasteiger partial charge in [0.15, 0.2) is 5.78 Å². The van der Waals surface area contributed by atoms with Gasteiger partial charge in [-0.15, -0.1) is 0 Å². The largest absolute Gasteiger partial charge is 0.489 e. The molecule has 0 saturated heterocycles. The standard InChI is InChI=1S/C29H30Cl2N2O3/c1-18(2)36-28-9-7-22(16-25(28)31)27(35)15-21(10-12-34)13-20-6-8-23(24(30)14-20)26-17-33-11-4-5-19(3)29(33)32-26/h4-9,11,14,16-18,21,34H,10,12-13,15H2,1-3H3/t21-/m1/s1. The number of ether oxygens (including phenoxy) is 1. The summed E-state index contributed by atoms with van der Waals surface area (Å²) in [6, 6.07) is 15.1. The van der Waals surface area contributed by atoms with E-state index in [4.69, 9.17) is 32.9 Å². The van der Waals surface area contributed by atoms with Gasteiger partial charge in [-0.1, -0.05) is 41.4 Å². The number of carbonyl (C=O) groups excluding carboxylic acids is 1. The van der Waals surface area contributed by atoms with Crippen molar-refractivity contribution >= 4 is 34.6 Å². The number of imidazole rings is 1. The predicted molar refractivity (Wildman–Crippen MR) is 145 cm³/mol. The van der Waals surface area contributed by atoms with Crippen molar-refractivity contribution in [2.45, 2.75) is 46.1 Å². The average Bonchev–Trinajstić information content (AvgIpc) is 3.26. The zero-order valence-corrected chi connectivity index (χ0v) is 22.2. The fraction of sp³-hybridized carbons (Fsp3) is 0.310. The van der Waals surface area contributed by atoms with Crippen molar-refractivity contribution in [1.82, 2.24) is 9.38 Å². The number of Topliss-reactive ketones (excluding diaryl/α,β-unsaturated/α-hetero) is 1. The number of aromatic nitrogens is 2. The number of halogens is 2. The Labute approximate surface area is 221 Å². The van der Waals surface area contributed by atoms with E-state index in [1.54, 1.807) is 18.2 Å². The number of hydrogen-bond acceptors (Lipinski definition) is 4. The fourth-order valence-electron chi connectivity index (χ4n) is 4.37. The number of nitrogens with zero attached hydrogens (tertiary/aromatic N) is 2. The van der Waals surface area contributed by atoms with Crippen molar-refractivity contribution in [1.29, 1.82) is 0 Å². The van der Waals surface area contributed by atoms with Crippen molar-refractivity contribution in [3.63, 3.8) is 0 Å². The van der Waals surface area contributed by atoms with Gasteiger partial charge in [0.1, 0.15) is 11.4 Å². The average molecular weight is 525 g/mol. The first-order valence-electron chi connectivity index (χ1n) is 12.1. The van der Waals surface area contributed by atoms with Crippen LogP contribution in [0.5, 0.6) is 5.75 Å². The monoisotopic (exact) mass is 524 g/mol. The smallest absolute Gasteiger partial charge is 0.163 e. The minimum absolute atomic E-state index is 0.00623. The first kappa shape index (κ1) is 26.2. The minimum Gasteiger partial charge on any atom is -0.489 e. The molecule has 36 heavy (non-hydrogen) atoms. The second-order valence-electron chi connectivity index (χ2n) is 9.38. The first-order chi connectivity index (χ1) is 17.2. The molecule has 5 nitrogen and oxygen atoms in total. The number of aliphatic hydroxyl groups excluding tert-OH is 1. The van der Waals surface area contributed by atoms with Crippen molar-refractivity contribution in [3.8, 4) is 17.0 Å². The van der Waals surface area contributed by atoms with Crippen LogP contribution in [0.1, 0.15) is 48.2 Å². The van der Waals surface area contributed by atoms with Crippen molar-refractivity contribution in [2.75, 3.05) is 6.61 Å². The third-order valence-corrected chi connectivity index (χ3v) is 6.75. The second-order valence-corrected chi connectivity index (χ2v) is 10.2. The third kappa shape index (κ3) is 6.09. The molecule has 7 heteroatoms. The van der Waals surface area contributed by atoms with Crippen molar-refractivity contribution < 1.29 is 14.6 Å². The Morgan fingerprint density at radius 3 is 2.58 bits per heavy atom. The maximum absolute atomic E-state index is 13.0. The van der Waals surface area contributed by atoms with E-state index in [0.29, 0.717) is 40.6 Å². The molecule has 0 aliphatic carbocycles. The molecule has 0 aliphatic heterocycles. The molecular weight excluding hydrogens is 495 g/mol. The van der Waals surface area contributed by atoms with Gasteiger partial charge in [-0.25, -0.2) is 4.98 Å². The lowest BCUT2D eigenvalue weighted by molar-refractivity contribution is 0.0953. The van der Waals surface area contributed by atoms with Crippen LogP contribution in [0.2, 0.25) is 10.0 Å². The molecule has 0 amide bonds. The lowest BCUT2D eigenvalue weighted by Gasteiger charge is -2.17. The van der Waals surface area contributed by atoms with E-state index >= 15 is 0 Å². The number of hydrogen-bond donors (Lipinski definition) is 1. The number of carbonyl (C=O) groups is 1. The lowest BCUT2D eigenvalue weighted by Crippen LogP contribution is -2.14. The zero-order valence-electron chi connectivity index (χ0n) is 20.7. The van der Waals surface area contributed by atoms with Gasteiger partial charge >= 0.3 is 0 Å². The third-order valence-electron chi connectivity index (χ3n) is 6.14. The maximum atomic E-state index is 13.0. The predicted octanol–water partition coefficient (Wildman–Crippen LogP) is 7.22. The van der Waals surface area contributed by atoms with Crippen molar-refractivity contribution in [2.24, 2.45) is 5.92 Å². The molecule has 1 N–H and O–H groups in total. The maximum Gasteiger partial charge on any atom is 0.163 e. The number of pyridine rings is 1. The van der Waals surface area contributed by atoms with Gasteiger partial charge in [0, 0.05) is 36.5 Å². The van der Waals surface area contributed by atoms with E-state index in [0.717, 1.165) is 28.0 Å². The summed E-state index contributed by atoms with van der Waals surface area (Å²) in [5.41, 5.74) is 5.21. The molecule has 188 valence electrons. The molecule has 0 bridgehead atoms. The number of aliphatic hydroxyl groups is 1. The van der Waals surface area contributed by atoms with Crippen LogP contribution in [0.15, 0.2) is 60.9 Å². The van der Waals surface area contributed by atoms with Gasteiger partial charge in [0.05, 0.1) is 21.8 Å². The molecule has 2 heterocycles. The Morgan fingerprint density at radius 1 is 1.11 bits per heavy atom. The summed E-state index contributed by atoms with van der Waals surface area (Å²) in [6.45, 7) is 5.88. The number of benzene rings is 2. The van der Waals surface area contributed by atoms with Crippen LogP contribution in [-0.4, -0.2) is 33.0 Å². The summed E-state index contributed by atoms with van der Waals surface area (Å²) in [7, 11) is 0. The number of rotatable bonds is 10. The normalized spacial score (nSPS) is 12.3. The van der Waals surface area contributed by atoms with Crippen molar-refractivity contribution in [3.05, 3.63) is 87.7 Å². The molecular formula is C29H30Cl2N2O3. The van der Waals surface area contributed by atoms with E-state index < -0.39 is 0 Å². The van der Waals surface area contributed by atoms with Gasteiger partial charge in [-0.3, -0.25) is 4.79 Å². The topological polar surface area (TPSA) is 63.8 Å². The van der Waals surface area contributed by atoms with Gasteiger partial charge in [-0.05, 0) is 81.0 Å². The second kappa shape index (κ2) is 11.5. The van der Waals surface area contributed by atoms with E-state index in [2.05, 4.69) is 0 Å². The summed E-state index contributed by atoms with van der Waals surface area (Å²) in [5.74, 6) is 0.507.